The van der Waals surface area contributed by atoms with Gasteiger partial charge in [-0.15, -0.1) is 0 Å². The van der Waals surface area contributed by atoms with Crippen LogP contribution in [0.25, 0.3) is 0 Å². The van der Waals surface area contributed by atoms with E-state index in [-0.39, 0.29) is 24.2 Å². The van der Waals surface area contributed by atoms with Crippen LogP contribution >= 0.6 is 0 Å². The molecule has 0 atom stereocenters. The molecule has 0 aliphatic heterocycles. The molecular weight excluding hydrogens is 378 g/mol. The highest BCUT2D eigenvalue weighted by molar-refractivity contribution is 6.00. The van der Waals surface area contributed by atoms with Crippen molar-refractivity contribution in [3.05, 3.63) is 59.7 Å². The molecule has 6 heteroatoms. The number of anilines is 1. The molecular formula is C24H29N3O3. The zero-order valence-electron chi connectivity index (χ0n) is 17.6. The molecule has 2 N–H and O–H groups in total. The number of ether oxygens (including phenoxy) is 1. The van der Waals surface area contributed by atoms with E-state index in [9.17, 15) is 9.59 Å². The van der Waals surface area contributed by atoms with E-state index in [0.29, 0.717) is 5.71 Å². The summed E-state index contributed by atoms with van der Waals surface area (Å²) in [4.78, 5) is 24.5. The second-order valence-corrected chi connectivity index (χ2v) is 7.66. The van der Waals surface area contributed by atoms with E-state index >= 15 is 0 Å². The van der Waals surface area contributed by atoms with Crippen molar-refractivity contribution < 1.29 is 14.3 Å². The predicted octanol–water partition coefficient (Wildman–Crippen LogP) is 4.30. The monoisotopic (exact) mass is 407 g/mol. The number of nitrogens with one attached hydrogen (secondary N) is 2. The Hall–Kier alpha value is -3.15. The molecule has 0 aromatic heterocycles. The number of hydrogen-bond donors (Lipinski definition) is 2. The zero-order valence-corrected chi connectivity index (χ0v) is 17.6. The molecule has 0 radical (unpaired) electrons. The molecule has 0 bridgehead atoms. The van der Waals surface area contributed by atoms with E-state index in [4.69, 9.17) is 4.74 Å². The number of hydrazone groups is 1. The average Bonchev–Trinajstić information content (AvgIpc) is 2.79. The number of benzene rings is 2. The summed E-state index contributed by atoms with van der Waals surface area (Å²) in [6.45, 7) is 1.84. The first-order chi connectivity index (χ1) is 14.5. The average molecular weight is 408 g/mol. The second kappa shape index (κ2) is 10.6. The van der Waals surface area contributed by atoms with E-state index in [1.807, 2.05) is 55.5 Å². The van der Waals surface area contributed by atoms with Crippen LogP contribution in [0, 0.1) is 5.92 Å². The molecule has 2 aromatic carbocycles. The second-order valence-electron chi connectivity index (χ2n) is 7.66. The van der Waals surface area contributed by atoms with Gasteiger partial charge in [0.1, 0.15) is 5.75 Å². The van der Waals surface area contributed by atoms with Crippen LogP contribution in [0.5, 0.6) is 5.75 Å². The molecule has 0 spiro atoms. The van der Waals surface area contributed by atoms with Crippen LogP contribution in [0.4, 0.5) is 5.69 Å². The molecule has 2 aromatic rings. The third kappa shape index (κ3) is 6.17. The maximum Gasteiger partial charge on any atom is 0.244 e. The van der Waals surface area contributed by atoms with Crippen molar-refractivity contribution in [2.75, 3.05) is 12.4 Å². The van der Waals surface area contributed by atoms with Crippen molar-refractivity contribution >= 4 is 23.2 Å². The fourth-order valence-electron chi connectivity index (χ4n) is 3.58. The van der Waals surface area contributed by atoms with Crippen LogP contribution in [0.1, 0.15) is 50.2 Å². The van der Waals surface area contributed by atoms with Crippen molar-refractivity contribution in [1.29, 1.82) is 0 Å². The molecule has 3 rings (SSSR count). The highest BCUT2D eigenvalue weighted by atomic mass is 16.5. The summed E-state index contributed by atoms with van der Waals surface area (Å²) in [5.74, 6) is 0.809. The lowest BCUT2D eigenvalue weighted by atomic mass is 9.88. The fourth-order valence-corrected chi connectivity index (χ4v) is 3.58. The van der Waals surface area contributed by atoms with E-state index in [1.54, 1.807) is 7.11 Å². The molecule has 158 valence electrons. The van der Waals surface area contributed by atoms with Crippen LogP contribution < -0.4 is 15.5 Å². The van der Waals surface area contributed by atoms with Crippen molar-refractivity contribution in [3.8, 4) is 5.75 Å². The highest BCUT2D eigenvalue weighted by Crippen LogP contribution is 2.25. The van der Waals surface area contributed by atoms with Crippen LogP contribution in [0.3, 0.4) is 0 Å². The van der Waals surface area contributed by atoms with Crippen LogP contribution in [0.2, 0.25) is 0 Å². The van der Waals surface area contributed by atoms with Gasteiger partial charge in [-0.25, -0.2) is 5.43 Å². The lowest BCUT2D eigenvalue weighted by molar-refractivity contribution is -0.121. The van der Waals surface area contributed by atoms with Gasteiger partial charge >= 0.3 is 0 Å². The normalized spacial score (nSPS) is 14.8. The Balaban J connectivity index is 1.51. The number of amides is 2. The minimum absolute atomic E-state index is 0.110. The van der Waals surface area contributed by atoms with Gasteiger partial charge in [0.25, 0.3) is 0 Å². The SMILES string of the molecule is COc1ccc(CC(=O)N/N=C(/C)c2ccc(NC(=O)C3CCCCC3)cc2)cc1. The molecule has 1 aliphatic carbocycles. The summed E-state index contributed by atoms with van der Waals surface area (Å²) in [6.07, 6.45) is 5.70. The van der Waals surface area contributed by atoms with Gasteiger partial charge < -0.3 is 10.1 Å². The predicted molar refractivity (Wildman–Crippen MR) is 119 cm³/mol. The molecule has 0 unspecified atom stereocenters. The summed E-state index contributed by atoms with van der Waals surface area (Å²) in [5, 5.41) is 7.20. The minimum Gasteiger partial charge on any atom is -0.497 e. The number of hydrogen-bond acceptors (Lipinski definition) is 4. The van der Waals surface area contributed by atoms with E-state index in [2.05, 4.69) is 15.8 Å². The van der Waals surface area contributed by atoms with Crippen LogP contribution in [-0.4, -0.2) is 24.6 Å². The molecule has 30 heavy (non-hydrogen) atoms. The molecule has 1 saturated carbocycles. The molecule has 2 amide bonds. The van der Waals surface area contributed by atoms with Crippen molar-refractivity contribution in [2.45, 2.75) is 45.4 Å². The highest BCUT2D eigenvalue weighted by Gasteiger charge is 2.20. The van der Waals surface area contributed by atoms with Gasteiger partial charge in [0.15, 0.2) is 0 Å². The summed E-state index contributed by atoms with van der Waals surface area (Å²) < 4.78 is 5.12. The molecule has 0 heterocycles. The molecule has 6 nitrogen and oxygen atoms in total. The third-order valence-electron chi connectivity index (χ3n) is 5.42. The maximum absolute atomic E-state index is 12.4. The van der Waals surface area contributed by atoms with Gasteiger partial charge in [-0.05, 0) is 55.2 Å². The van der Waals surface area contributed by atoms with Crippen molar-refractivity contribution in [3.63, 3.8) is 0 Å². The number of carbonyl (C=O) groups is 2. The summed E-state index contributed by atoms with van der Waals surface area (Å²) in [7, 11) is 1.61. The standard InChI is InChI=1S/C24H29N3O3/c1-17(26-27-23(28)16-18-8-14-22(30-2)15-9-18)19-10-12-21(13-11-19)25-24(29)20-6-4-3-5-7-20/h8-15,20H,3-7,16H2,1-2H3,(H,25,29)(H,27,28)/b26-17-. The van der Waals surface area contributed by atoms with E-state index in [0.717, 1.165) is 48.2 Å². The van der Waals surface area contributed by atoms with Gasteiger partial charge in [-0.1, -0.05) is 43.5 Å². The van der Waals surface area contributed by atoms with Gasteiger partial charge in [0.2, 0.25) is 11.8 Å². The fraction of sp³-hybridized carbons (Fsp3) is 0.375. The first kappa shape index (κ1) is 21.6. The summed E-state index contributed by atoms with van der Waals surface area (Å²) >= 11 is 0. The summed E-state index contributed by atoms with van der Waals surface area (Å²) in [5.41, 5.74) is 5.85. The Bertz CT molecular complexity index is 883. The van der Waals surface area contributed by atoms with Gasteiger partial charge in [0, 0.05) is 11.6 Å². The largest absolute Gasteiger partial charge is 0.497 e. The Morgan fingerprint density at radius 2 is 1.67 bits per heavy atom. The Kier molecular flexibility index (Phi) is 7.60. The van der Waals surface area contributed by atoms with Crippen LogP contribution in [0.15, 0.2) is 53.6 Å². The lowest BCUT2D eigenvalue weighted by Crippen LogP contribution is -2.24. The third-order valence-corrected chi connectivity index (χ3v) is 5.42. The Morgan fingerprint density at radius 3 is 2.30 bits per heavy atom. The number of methoxy groups -OCH3 is 1. The van der Waals surface area contributed by atoms with Gasteiger partial charge in [-0.3, -0.25) is 9.59 Å². The zero-order chi connectivity index (χ0) is 21.3. The molecule has 1 aliphatic rings. The van der Waals surface area contributed by atoms with Crippen LogP contribution in [-0.2, 0) is 16.0 Å². The molecule has 0 saturated heterocycles. The van der Waals surface area contributed by atoms with Gasteiger partial charge in [-0.2, -0.15) is 5.10 Å². The first-order valence-corrected chi connectivity index (χ1v) is 10.4. The maximum atomic E-state index is 12.4. The van der Waals surface area contributed by atoms with Gasteiger partial charge in [0.05, 0.1) is 19.2 Å². The van der Waals surface area contributed by atoms with Crippen molar-refractivity contribution in [1.82, 2.24) is 5.43 Å². The number of rotatable bonds is 7. The Morgan fingerprint density at radius 1 is 1.00 bits per heavy atom. The Labute approximate surface area is 177 Å². The number of nitrogens with zero attached hydrogens (tertiary/aromatic N) is 1. The number of carbonyl (C=O) groups excluding carboxylic acids is 2. The molecule has 1 fully saturated rings. The topological polar surface area (TPSA) is 79.8 Å². The quantitative estimate of drug-likeness (QED) is 0.531. The van der Waals surface area contributed by atoms with Crippen molar-refractivity contribution in [2.24, 2.45) is 11.0 Å². The lowest BCUT2D eigenvalue weighted by Gasteiger charge is -2.20. The van der Waals surface area contributed by atoms with E-state index in [1.165, 1.54) is 6.42 Å². The van der Waals surface area contributed by atoms with E-state index < -0.39 is 0 Å². The smallest absolute Gasteiger partial charge is 0.244 e. The minimum atomic E-state index is -0.184. The summed E-state index contributed by atoms with van der Waals surface area (Å²) in [6, 6.07) is 14.9. The first-order valence-electron chi connectivity index (χ1n) is 10.4.